The highest BCUT2D eigenvalue weighted by atomic mass is 32.2. The summed E-state index contributed by atoms with van der Waals surface area (Å²) in [5.74, 6) is -0.911. The van der Waals surface area contributed by atoms with Gasteiger partial charge in [-0.1, -0.05) is 30.4 Å². The first-order valence-corrected chi connectivity index (χ1v) is 9.53. The topological polar surface area (TPSA) is 3.24 Å². The smallest absolute Gasteiger partial charge is 0.159 e. The van der Waals surface area contributed by atoms with Crippen LogP contribution in [0.1, 0.15) is 17.5 Å². The molecule has 0 amide bonds. The number of allylic oxidation sites excluding steroid dienone is 2. The van der Waals surface area contributed by atoms with Crippen LogP contribution in [0, 0.1) is 17.5 Å². The zero-order chi connectivity index (χ0) is 18.4. The van der Waals surface area contributed by atoms with Crippen LogP contribution in [0.3, 0.4) is 0 Å². The van der Waals surface area contributed by atoms with Crippen LogP contribution in [0.4, 0.5) is 13.2 Å². The van der Waals surface area contributed by atoms with E-state index in [-0.39, 0.29) is 5.82 Å². The number of aryl methyl sites for hydroxylation is 1. The van der Waals surface area contributed by atoms with Gasteiger partial charge in [-0.15, -0.1) is 11.8 Å². The van der Waals surface area contributed by atoms with E-state index in [1.807, 2.05) is 30.4 Å². The van der Waals surface area contributed by atoms with Gasteiger partial charge in [-0.05, 0) is 60.1 Å². The fraction of sp³-hybridized carbons (Fsp3) is 0.238. The lowest BCUT2D eigenvalue weighted by Crippen LogP contribution is -2.23. The zero-order valence-corrected chi connectivity index (χ0v) is 15.1. The Labute approximate surface area is 156 Å². The molecular formula is C21H20F3NS. The quantitative estimate of drug-likeness (QED) is 0.573. The Morgan fingerprint density at radius 2 is 1.69 bits per heavy atom. The lowest BCUT2D eigenvalue weighted by Gasteiger charge is -2.28. The first-order chi connectivity index (χ1) is 12.6. The fourth-order valence-corrected chi connectivity index (χ4v) is 3.77. The molecule has 1 heterocycles. The minimum atomic E-state index is -0.821. The van der Waals surface area contributed by atoms with Crippen molar-refractivity contribution in [1.82, 2.24) is 4.90 Å². The average molecular weight is 375 g/mol. The number of thioether (sulfide) groups is 1. The Balaban J connectivity index is 1.51. The molecule has 136 valence electrons. The first kappa shape index (κ1) is 18.6. The van der Waals surface area contributed by atoms with E-state index in [0.29, 0.717) is 6.54 Å². The Kier molecular flexibility index (Phi) is 6.45. The van der Waals surface area contributed by atoms with Crippen LogP contribution in [0.2, 0.25) is 0 Å². The SMILES string of the molecule is Fc1ccc(CCCSC2=CC=CCN2Cc2ccc(F)c(F)c2)cc1. The lowest BCUT2D eigenvalue weighted by molar-refractivity contribution is 0.393. The Hall–Kier alpha value is -2.14. The van der Waals surface area contributed by atoms with E-state index in [9.17, 15) is 13.2 Å². The third-order valence-electron chi connectivity index (χ3n) is 4.14. The molecule has 2 aromatic carbocycles. The Morgan fingerprint density at radius 3 is 2.46 bits per heavy atom. The van der Waals surface area contributed by atoms with Gasteiger partial charge in [0.25, 0.3) is 0 Å². The molecule has 0 fully saturated rings. The first-order valence-electron chi connectivity index (χ1n) is 8.55. The Morgan fingerprint density at radius 1 is 0.923 bits per heavy atom. The summed E-state index contributed by atoms with van der Waals surface area (Å²) < 4.78 is 39.4. The molecule has 0 bridgehead atoms. The van der Waals surface area contributed by atoms with Gasteiger partial charge in [0.05, 0.1) is 5.03 Å². The van der Waals surface area contributed by atoms with Crippen molar-refractivity contribution in [1.29, 1.82) is 0 Å². The largest absolute Gasteiger partial charge is 0.358 e. The van der Waals surface area contributed by atoms with Crippen molar-refractivity contribution in [2.75, 3.05) is 12.3 Å². The number of nitrogens with zero attached hydrogens (tertiary/aromatic N) is 1. The summed E-state index contributed by atoms with van der Waals surface area (Å²) in [4.78, 5) is 2.15. The second-order valence-electron chi connectivity index (χ2n) is 6.14. The highest BCUT2D eigenvalue weighted by molar-refractivity contribution is 8.03. The molecule has 3 rings (SSSR count). The molecule has 0 N–H and O–H groups in total. The maximum absolute atomic E-state index is 13.4. The summed E-state index contributed by atoms with van der Waals surface area (Å²) in [5.41, 5.74) is 1.88. The monoisotopic (exact) mass is 375 g/mol. The lowest BCUT2D eigenvalue weighted by atomic mass is 10.1. The second kappa shape index (κ2) is 8.99. The van der Waals surface area contributed by atoms with Crippen molar-refractivity contribution in [3.05, 3.63) is 94.3 Å². The van der Waals surface area contributed by atoms with E-state index >= 15 is 0 Å². The normalized spacial score (nSPS) is 13.8. The standard InChI is InChI=1S/C21H20F3NS/c22-18-9-6-16(7-10-18)4-3-13-26-21-5-1-2-12-25(21)15-17-8-11-19(23)20(24)14-17/h1-2,5-11,14H,3-4,12-13,15H2. The minimum absolute atomic E-state index is 0.213. The van der Waals surface area contributed by atoms with Gasteiger partial charge in [0.1, 0.15) is 5.82 Å². The van der Waals surface area contributed by atoms with Crippen molar-refractivity contribution in [2.45, 2.75) is 19.4 Å². The predicted molar refractivity (Wildman–Crippen MR) is 101 cm³/mol. The fourth-order valence-electron chi connectivity index (χ4n) is 2.78. The molecule has 0 aromatic heterocycles. The van der Waals surface area contributed by atoms with Gasteiger partial charge >= 0.3 is 0 Å². The third-order valence-corrected chi connectivity index (χ3v) is 5.33. The summed E-state index contributed by atoms with van der Waals surface area (Å²) in [6.45, 7) is 1.29. The van der Waals surface area contributed by atoms with Gasteiger partial charge in [-0.3, -0.25) is 0 Å². The average Bonchev–Trinajstić information content (AvgIpc) is 2.64. The van der Waals surface area contributed by atoms with Gasteiger partial charge in [-0.2, -0.15) is 0 Å². The van der Waals surface area contributed by atoms with E-state index in [2.05, 4.69) is 4.90 Å². The molecule has 2 aromatic rings. The number of rotatable bonds is 7. The van der Waals surface area contributed by atoms with Gasteiger partial charge in [0.15, 0.2) is 11.6 Å². The molecule has 1 nitrogen and oxygen atoms in total. The van der Waals surface area contributed by atoms with Crippen LogP contribution in [0.5, 0.6) is 0 Å². The van der Waals surface area contributed by atoms with E-state index in [4.69, 9.17) is 0 Å². The van der Waals surface area contributed by atoms with Gasteiger partial charge in [0.2, 0.25) is 0 Å². The molecule has 1 aliphatic heterocycles. The number of benzene rings is 2. The maximum Gasteiger partial charge on any atom is 0.159 e. The van der Waals surface area contributed by atoms with Crippen molar-refractivity contribution >= 4 is 11.8 Å². The van der Waals surface area contributed by atoms with Crippen molar-refractivity contribution < 1.29 is 13.2 Å². The molecule has 5 heteroatoms. The summed E-state index contributed by atoms with van der Waals surface area (Å²) in [6.07, 6.45) is 7.99. The summed E-state index contributed by atoms with van der Waals surface area (Å²) in [5, 5.41) is 1.12. The van der Waals surface area contributed by atoms with Crippen LogP contribution >= 0.6 is 11.8 Å². The maximum atomic E-state index is 13.4. The second-order valence-corrected chi connectivity index (χ2v) is 7.26. The van der Waals surface area contributed by atoms with E-state index in [1.54, 1.807) is 17.8 Å². The highest BCUT2D eigenvalue weighted by Crippen LogP contribution is 2.26. The van der Waals surface area contributed by atoms with Crippen molar-refractivity contribution in [3.63, 3.8) is 0 Å². The van der Waals surface area contributed by atoms with Crippen LogP contribution < -0.4 is 0 Å². The molecule has 26 heavy (non-hydrogen) atoms. The van der Waals surface area contributed by atoms with Crippen molar-refractivity contribution in [2.24, 2.45) is 0 Å². The van der Waals surface area contributed by atoms with E-state index in [1.165, 1.54) is 24.3 Å². The van der Waals surface area contributed by atoms with Crippen LogP contribution in [0.25, 0.3) is 0 Å². The van der Waals surface area contributed by atoms with Gasteiger partial charge < -0.3 is 4.90 Å². The predicted octanol–water partition coefficient (Wildman–Crippen LogP) is 5.68. The number of hydrogen-bond donors (Lipinski definition) is 0. The molecule has 0 saturated heterocycles. The molecule has 0 radical (unpaired) electrons. The van der Waals surface area contributed by atoms with Gasteiger partial charge in [-0.25, -0.2) is 13.2 Å². The van der Waals surface area contributed by atoms with E-state index in [0.717, 1.165) is 41.3 Å². The third kappa shape index (κ3) is 5.18. The summed E-state index contributed by atoms with van der Waals surface area (Å²) >= 11 is 1.75. The van der Waals surface area contributed by atoms with Crippen LogP contribution in [-0.2, 0) is 13.0 Å². The molecule has 0 unspecified atom stereocenters. The molecule has 0 atom stereocenters. The molecular weight excluding hydrogens is 355 g/mol. The number of hydrogen-bond acceptors (Lipinski definition) is 2. The van der Waals surface area contributed by atoms with Crippen molar-refractivity contribution in [3.8, 4) is 0 Å². The molecule has 0 aliphatic carbocycles. The molecule has 0 saturated carbocycles. The zero-order valence-electron chi connectivity index (χ0n) is 14.3. The minimum Gasteiger partial charge on any atom is -0.358 e. The van der Waals surface area contributed by atoms with Gasteiger partial charge in [0, 0.05) is 13.1 Å². The Bertz CT molecular complexity index is 799. The molecule has 1 aliphatic rings. The van der Waals surface area contributed by atoms with Crippen LogP contribution in [0.15, 0.2) is 65.7 Å². The van der Waals surface area contributed by atoms with E-state index < -0.39 is 11.6 Å². The summed E-state index contributed by atoms with van der Waals surface area (Å²) in [6, 6.07) is 10.7. The van der Waals surface area contributed by atoms with Crippen LogP contribution in [-0.4, -0.2) is 17.2 Å². The summed E-state index contributed by atoms with van der Waals surface area (Å²) in [7, 11) is 0. The number of halogens is 3. The highest BCUT2D eigenvalue weighted by Gasteiger charge is 2.13. The molecule has 0 spiro atoms.